The van der Waals surface area contributed by atoms with Crippen LogP contribution in [-0.4, -0.2) is 26.1 Å². The Labute approximate surface area is 108 Å². The van der Waals surface area contributed by atoms with Crippen molar-refractivity contribution in [1.82, 2.24) is 0 Å². The lowest BCUT2D eigenvalue weighted by Gasteiger charge is -2.17. The second-order valence-corrected chi connectivity index (χ2v) is 3.87. The van der Waals surface area contributed by atoms with E-state index in [9.17, 15) is 0 Å². The van der Waals surface area contributed by atoms with Gasteiger partial charge in [-0.1, -0.05) is 17.7 Å². The van der Waals surface area contributed by atoms with Crippen LogP contribution in [0.25, 0.3) is 0 Å². The SMILES string of the molecule is CCOC(CCOc1cccc(Cl)c1)OCC. The zero-order chi connectivity index (χ0) is 12.5. The Hall–Kier alpha value is -0.770. The van der Waals surface area contributed by atoms with E-state index in [0.717, 1.165) is 5.75 Å². The first-order chi connectivity index (χ1) is 8.26. The van der Waals surface area contributed by atoms with Crippen LogP contribution in [0.4, 0.5) is 0 Å². The summed E-state index contributed by atoms with van der Waals surface area (Å²) < 4.78 is 16.4. The summed E-state index contributed by atoms with van der Waals surface area (Å²) in [7, 11) is 0. The lowest BCUT2D eigenvalue weighted by molar-refractivity contribution is -0.142. The highest BCUT2D eigenvalue weighted by molar-refractivity contribution is 6.30. The maximum Gasteiger partial charge on any atom is 0.160 e. The maximum atomic E-state index is 5.86. The van der Waals surface area contributed by atoms with Crippen molar-refractivity contribution in [3.8, 4) is 5.75 Å². The molecule has 0 aromatic heterocycles. The third-order valence-corrected chi connectivity index (χ3v) is 2.36. The van der Waals surface area contributed by atoms with E-state index in [1.165, 1.54) is 0 Å². The number of benzene rings is 1. The molecule has 0 N–H and O–H groups in total. The van der Waals surface area contributed by atoms with Crippen LogP contribution < -0.4 is 4.74 Å². The molecule has 0 unspecified atom stereocenters. The van der Waals surface area contributed by atoms with Gasteiger partial charge in [0, 0.05) is 24.7 Å². The molecule has 0 aliphatic rings. The topological polar surface area (TPSA) is 27.7 Å². The molecule has 17 heavy (non-hydrogen) atoms. The molecule has 0 bridgehead atoms. The van der Waals surface area contributed by atoms with Crippen molar-refractivity contribution in [3.63, 3.8) is 0 Å². The molecule has 1 rings (SSSR count). The predicted molar refractivity (Wildman–Crippen MR) is 68.6 cm³/mol. The van der Waals surface area contributed by atoms with E-state index in [1.807, 2.05) is 32.0 Å². The van der Waals surface area contributed by atoms with E-state index in [2.05, 4.69) is 0 Å². The summed E-state index contributed by atoms with van der Waals surface area (Å²) >= 11 is 5.86. The molecule has 3 nitrogen and oxygen atoms in total. The number of ether oxygens (including phenoxy) is 3. The fourth-order valence-corrected chi connectivity index (χ4v) is 1.60. The zero-order valence-electron chi connectivity index (χ0n) is 10.3. The summed E-state index contributed by atoms with van der Waals surface area (Å²) in [5, 5.41) is 0.675. The molecule has 0 amide bonds. The molecule has 0 radical (unpaired) electrons. The van der Waals surface area contributed by atoms with Gasteiger partial charge in [0.15, 0.2) is 6.29 Å². The molecule has 0 saturated carbocycles. The molecule has 0 aliphatic heterocycles. The third kappa shape index (κ3) is 5.91. The first-order valence-electron chi connectivity index (χ1n) is 5.87. The van der Waals surface area contributed by atoms with Crippen LogP contribution in [-0.2, 0) is 9.47 Å². The van der Waals surface area contributed by atoms with Gasteiger partial charge >= 0.3 is 0 Å². The highest BCUT2D eigenvalue weighted by Crippen LogP contribution is 2.17. The molecule has 0 aliphatic carbocycles. The molecule has 0 saturated heterocycles. The summed E-state index contributed by atoms with van der Waals surface area (Å²) in [5.41, 5.74) is 0. The first kappa shape index (κ1) is 14.3. The van der Waals surface area contributed by atoms with E-state index < -0.39 is 0 Å². The van der Waals surface area contributed by atoms with Gasteiger partial charge in [-0.15, -0.1) is 0 Å². The molecule has 0 atom stereocenters. The van der Waals surface area contributed by atoms with E-state index in [0.29, 0.717) is 31.3 Å². The van der Waals surface area contributed by atoms with Crippen LogP contribution >= 0.6 is 11.6 Å². The van der Waals surface area contributed by atoms with E-state index in [-0.39, 0.29) is 6.29 Å². The minimum absolute atomic E-state index is 0.191. The number of halogens is 1. The van der Waals surface area contributed by atoms with Crippen molar-refractivity contribution >= 4 is 11.6 Å². The Kier molecular flexibility index (Phi) is 7.01. The van der Waals surface area contributed by atoms with Gasteiger partial charge in [-0.3, -0.25) is 0 Å². The smallest absolute Gasteiger partial charge is 0.160 e. The second-order valence-electron chi connectivity index (χ2n) is 3.43. The van der Waals surface area contributed by atoms with E-state index >= 15 is 0 Å². The van der Waals surface area contributed by atoms with Crippen molar-refractivity contribution in [2.45, 2.75) is 26.6 Å². The number of hydrogen-bond donors (Lipinski definition) is 0. The van der Waals surface area contributed by atoms with Gasteiger partial charge < -0.3 is 14.2 Å². The summed E-state index contributed by atoms with van der Waals surface area (Å²) in [4.78, 5) is 0. The minimum Gasteiger partial charge on any atom is -0.493 e. The van der Waals surface area contributed by atoms with Crippen LogP contribution in [0, 0.1) is 0 Å². The highest BCUT2D eigenvalue weighted by Gasteiger charge is 2.07. The first-order valence-corrected chi connectivity index (χ1v) is 6.25. The molecule has 0 spiro atoms. The van der Waals surface area contributed by atoms with Crippen LogP contribution in [0.15, 0.2) is 24.3 Å². The lowest BCUT2D eigenvalue weighted by atomic mass is 10.3. The van der Waals surface area contributed by atoms with Gasteiger partial charge in [0.1, 0.15) is 5.75 Å². The highest BCUT2D eigenvalue weighted by atomic mass is 35.5. The van der Waals surface area contributed by atoms with Gasteiger partial charge in [0.2, 0.25) is 0 Å². The lowest BCUT2D eigenvalue weighted by Crippen LogP contribution is -2.20. The maximum absolute atomic E-state index is 5.86. The Morgan fingerprint density at radius 3 is 2.47 bits per heavy atom. The minimum atomic E-state index is -0.191. The largest absolute Gasteiger partial charge is 0.493 e. The van der Waals surface area contributed by atoms with Gasteiger partial charge in [-0.2, -0.15) is 0 Å². The fraction of sp³-hybridized carbons (Fsp3) is 0.538. The standard InChI is InChI=1S/C13H19ClO3/c1-3-15-13(16-4-2)8-9-17-12-7-5-6-11(14)10-12/h5-7,10,13H,3-4,8-9H2,1-2H3. The van der Waals surface area contributed by atoms with Crippen LogP contribution in [0.3, 0.4) is 0 Å². The third-order valence-electron chi connectivity index (χ3n) is 2.12. The Bertz CT molecular complexity index is 311. The van der Waals surface area contributed by atoms with Crippen LogP contribution in [0.2, 0.25) is 5.02 Å². The van der Waals surface area contributed by atoms with Crippen molar-refractivity contribution in [2.24, 2.45) is 0 Å². The van der Waals surface area contributed by atoms with Crippen LogP contribution in [0.1, 0.15) is 20.3 Å². The predicted octanol–water partition coefficient (Wildman–Crippen LogP) is 3.51. The van der Waals surface area contributed by atoms with Gasteiger partial charge in [-0.25, -0.2) is 0 Å². The molecule has 1 aromatic rings. The molecule has 4 heteroatoms. The van der Waals surface area contributed by atoms with Gasteiger partial charge in [0.05, 0.1) is 6.61 Å². The second kappa shape index (κ2) is 8.34. The summed E-state index contributed by atoms with van der Waals surface area (Å²) in [6.45, 7) is 5.72. The monoisotopic (exact) mass is 258 g/mol. The van der Waals surface area contributed by atoms with Crippen molar-refractivity contribution in [3.05, 3.63) is 29.3 Å². The molecular weight excluding hydrogens is 240 g/mol. The quantitative estimate of drug-likeness (QED) is 0.668. The number of hydrogen-bond acceptors (Lipinski definition) is 3. The molecule has 96 valence electrons. The average molecular weight is 259 g/mol. The molecule has 1 aromatic carbocycles. The number of rotatable bonds is 8. The van der Waals surface area contributed by atoms with Crippen molar-refractivity contribution in [2.75, 3.05) is 19.8 Å². The van der Waals surface area contributed by atoms with Crippen molar-refractivity contribution in [1.29, 1.82) is 0 Å². The average Bonchev–Trinajstić information content (AvgIpc) is 2.30. The molecule has 0 heterocycles. The zero-order valence-corrected chi connectivity index (χ0v) is 11.1. The molecular formula is C13H19ClO3. The summed E-state index contributed by atoms with van der Waals surface area (Å²) in [5.74, 6) is 0.768. The Morgan fingerprint density at radius 2 is 1.88 bits per heavy atom. The fourth-order valence-electron chi connectivity index (χ4n) is 1.42. The van der Waals surface area contributed by atoms with E-state index in [4.69, 9.17) is 25.8 Å². The summed E-state index contributed by atoms with van der Waals surface area (Å²) in [6, 6.07) is 7.35. The van der Waals surface area contributed by atoms with Crippen molar-refractivity contribution < 1.29 is 14.2 Å². The van der Waals surface area contributed by atoms with Gasteiger partial charge in [0.25, 0.3) is 0 Å². The normalized spacial score (nSPS) is 10.8. The Morgan fingerprint density at radius 1 is 1.18 bits per heavy atom. The molecule has 0 fully saturated rings. The Balaban J connectivity index is 2.30. The van der Waals surface area contributed by atoms with Gasteiger partial charge in [-0.05, 0) is 32.0 Å². The summed E-state index contributed by atoms with van der Waals surface area (Å²) in [6.07, 6.45) is 0.512. The van der Waals surface area contributed by atoms with E-state index in [1.54, 1.807) is 6.07 Å². The van der Waals surface area contributed by atoms with Crippen LogP contribution in [0.5, 0.6) is 5.75 Å².